The molecular formula is C13H13NO. The van der Waals surface area contributed by atoms with Gasteiger partial charge in [-0.05, 0) is 38.1 Å². The van der Waals surface area contributed by atoms with Gasteiger partial charge in [-0.3, -0.25) is 9.36 Å². The summed E-state index contributed by atoms with van der Waals surface area (Å²) in [5.41, 5.74) is 2.67. The number of hydrogen-bond acceptors (Lipinski definition) is 1. The van der Waals surface area contributed by atoms with Crippen molar-refractivity contribution in [1.82, 2.24) is 4.57 Å². The Morgan fingerprint density at radius 1 is 0.933 bits per heavy atom. The SMILES string of the molecule is Cc1ccc(C)n1C(=O)c1ccccc1. The molecule has 2 nitrogen and oxygen atoms in total. The first-order valence-electron chi connectivity index (χ1n) is 4.95. The Labute approximate surface area is 89.2 Å². The maximum atomic E-state index is 12.1. The Morgan fingerprint density at radius 3 is 2.00 bits per heavy atom. The van der Waals surface area contributed by atoms with Gasteiger partial charge < -0.3 is 0 Å². The quantitative estimate of drug-likeness (QED) is 0.692. The molecule has 0 aliphatic heterocycles. The van der Waals surface area contributed by atoms with E-state index in [0.717, 1.165) is 17.0 Å². The average Bonchev–Trinajstić information content (AvgIpc) is 2.59. The second-order valence-corrected chi connectivity index (χ2v) is 3.62. The van der Waals surface area contributed by atoms with E-state index in [1.165, 1.54) is 0 Å². The van der Waals surface area contributed by atoms with Gasteiger partial charge in [0.25, 0.3) is 5.91 Å². The second kappa shape index (κ2) is 3.73. The van der Waals surface area contributed by atoms with Crippen LogP contribution in [-0.2, 0) is 0 Å². The van der Waals surface area contributed by atoms with Gasteiger partial charge in [-0.2, -0.15) is 0 Å². The van der Waals surface area contributed by atoms with E-state index in [-0.39, 0.29) is 5.91 Å². The molecule has 0 saturated heterocycles. The first-order chi connectivity index (χ1) is 7.20. The normalized spacial score (nSPS) is 10.3. The van der Waals surface area contributed by atoms with Gasteiger partial charge in [0, 0.05) is 17.0 Å². The zero-order chi connectivity index (χ0) is 10.8. The zero-order valence-electron chi connectivity index (χ0n) is 8.90. The molecule has 0 aliphatic carbocycles. The molecule has 0 fully saturated rings. The molecule has 1 heterocycles. The monoisotopic (exact) mass is 199 g/mol. The van der Waals surface area contributed by atoms with E-state index in [4.69, 9.17) is 0 Å². The molecule has 0 N–H and O–H groups in total. The summed E-state index contributed by atoms with van der Waals surface area (Å²) in [7, 11) is 0. The molecule has 0 aliphatic rings. The van der Waals surface area contributed by atoms with Crippen molar-refractivity contribution in [1.29, 1.82) is 0 Å². The molecule has 0 unspecified atom stereocenters. The third-order valence-corrected chi connectivity index (χ3v) is 2.49. The highest BCUT2D eigenvalue weighted by Crippen LogP contribution is 2.11. The molecule has 0 bridgehead atoms. The van der Waals surface area contributed by atoms with Crippen molar-refractivity contribution in [2.75, 3.05) is 0 Å². The highest BCUT2D eigenvalue weighted by molar-refractivity contribution is 5.96. The Kier molecular flexibility index (Phi) is 2.42. The van der Waals surface area contributed by atoms with E-state index in [2.05, 4.69) is 0 Å². The smallest absolute Gasteiger partial charge is 0.262 e. The fraction of sp³-hybridized carbons (Fsp3) is 0.154. The minimum absolute atomic E-state index is 0.0376. The van der Waals surface area contributed by atoms with Crippen LogP contribution < -0.4 is 0 Å². The molecule has 76 valence electrons. The van der Waals surface area contributed by atoms with Crippen molar-refractivity contribution in [2.24, 2.45) is 0 Å². The Hall–Kier alpha value is -1.83. The van der Waals surface area contributed by atoms with Crippen LogP contribution in [0.2, 0.25) is 0 Å². The van der Waals surface area contributed by atoms with Crippen molar-refractivity contribution in [2.45, 2.75) is 13.8 Å². The summed E-state index contributed by atoms with van der Waals surface area (Å²) < 4.78 is 1.73. The van der Waals surface area contributed by atoms with Crippen LogP contribution in [0.3, 0.4) is 0 Å². The van der Waals surface area contributed by atoms with Gasteiger partial charge in [-0.1, -0.05) is 18.2 Å². The maximum absolute atomic E-state index is 12.1. The molecule has 0 atom stereocenters. The largest absolute Gasteiger partial charge is 0.285 e. The van der Waals surface area contributed by atoms with E-state index in [0.29, 0.717) is 0 Å². The van der Waals surface area contributed by atoms with E-state index < -0.39 is 0 Å². The Morgan fingerprint density at radius 2 is 1.47 bits per heavy atom. The fourth-order valence-electron chi connectivity index (χ4n) is 1.70. The summed E-state index contributed by atoms with van der Waals surface area (Å²) in [4.78, 5) is 12.1. The van der Waals surface area contributed by atoms with Gasteiger partial charge in [0.15, 0.2) is 0 Å². The van der Waals surface area contributed by atoms with Crippen LogP contribution in [0.1, 0.15) is 21.7 Å². The van der Waals surface area contributed by atoms with Crippen LogP contribution in [0.15, 0.2) is 42.5 Å². The number of hydrogen-bond donors (Lipinski definition) is 0. The summed E-state index contributed by atoms with van der Waals surface area (Å²) in [6.45, 7) is 3.88. The summed E-state index contributed by atoms with van der Waals surface area (Å²) >= 11 is 0. The van der Waals surface area contributed by atoms with Gasteiger partial charge in [0.2, 0.25) is 0 Å². The molecule has 2 aromatic rings. The minimum atomic E-state index is 0.0376. The van der Waals surface area contributed by atoms with Crippen molar-refractivity contribution >= 4 is 5.91 Å². The summed E-state index contributed by atoms with van der Waals surface area (Å²) in [5.74, 6) is 0.0376. The van der Waals surface area contributed by atoms with Gasteiger partial charge >= 0.3 is 0 Å². The lowest BCUT2D eigenvalue weighted by molar-refractivity contribution is 0.0956. The molecule has 1 aromatic carbocycles. The molecular weight excluding hydrogens is 186 g/mol. The third kappa shape index (κ3) is 1.71. The third-order valence-electron chi connectivity index (χ3n) is 2.49. The Bertz CT molecular complexity index is 463. The zero-order valence-corrected chi connectivity index (χ0v) is 8.90. The van der Waals surface area contributed by atoms with Gasteiger partial charge in [-0.25, -0.2) is 0 Å². The van der Waals surface area contributed by atoms with Gasteiger partial charge in [0.05, 0.1) is 0 Å². The predicted molar refractivity (Wildman–Crippen MR) is 60.1 cm³/mol. The maximum Gasteiger partial charge on any atom is 0.262 e. The van der Waals surface area contributed by atoms with Crippen LogP contribution in [0, 0.1) is 13.8 Å². The second-order valence-electron chi connectivity index (χ2n) is 3.62. The van der Waals surface area contributed by atoms with Crippen molar-refractivity contribution < 1.29 is 4.79 Å². The average molecular weight is 199 g/mol. The van der Waals surface area contributed by atoms with Crippen LogP contribution in [-0.4, -0.2) is 10.5 Å². The number of carbonyl (C=O) groups is 1. The topological polar surface area (TPSA) is 22.0 Å². The predicted octanol–water partition coefficient (Wildman–Crippen LogP) is 2.79. The molecule has 0 saturated carbocycles. The molecule has 0 amide bonds. The number of rotatable bonds is 1. The van der Waals surface area contributed by atoms with Crippen molar-refractivity contribution in [3.8, 4) is 0 Å². The van der Waals surface area contributed by atoms with Crippen molar-refractivity contribution in [3.05, 3.63) is 59.4 Å². The molecule has 0 radical (unpaired) electrons. The van der Waals surface area contributed by atoms with E-state index in [1.54, 1.807) is 4.57 Å². The molecule has 0 spiro atoms. The fourth-order valence-corrected chi connectivity index (χ4v) is 1.70. The molecule has 1 aromatic heterocycles. The van der Waals surface area contributed by atoms with Gasteiger partial charge in [0.1, 0.15) is 0 Å². The summed E-state index contributed by atoms with van der Waals surface area (Å²) in [5, 5.41) is 0. The molecule has 15 heavy (non-hydrogen) atoms. The van der Waals surface area contributed by atoms with Crippen LogP contribution in [0.5, 0.6) is 0 Å². The lowest BCUT2D eigenvalue weighted by Gasteiger charge is -2.07. The highest BCUT2D eigenvalue weighted by atomic mass is 16.2. The first-order valence-corrected chi connectivity index (χ1v) is 4.95. The number of nitrogens with zero attached hydrogens (tertiary/aromatic N) is 1. The number of benzene rings is 1. The van der Waals surface area contributed by atoms with Crippen molar-refractivity contribution in [3.63, 3.8) is 0 Å². The minimum Gasteiger partial charge on any atom is -0.285 e. The highest BCUT2D eigenvalue weighted by Gasteiger charge is 2.11. The Balaban J connectivity index is 2.46. The number of aryl methyl sites for hydroxylation is 2. The van der Waals surface area contributed by atoms with E-state index in [1.807, 2.05) is 56.3 Å². The van der Waals surface area contributed by atoms with Crippen LogP contribution >= 0.6 is 0 Å². The lowest BCUT2D eigenvalue weighted by Crippen LogP contribution is -2.14. The van der Waals surface area contributed by atoms with E-state index >= 15 is 0 Å². The van der Waals surface area contributed by atoms with Gasteiger partial charge in [-0.15, -0.1) is 0 Å². The molecule has 2 heteroatoms. The summed E-state index contributed by atoms with van der Waals surface area (Å²) in [6, 6.07) is 13.2. The van der Waals surface area contributed by atoms with Crippen LogP contribution in [0.4, 0.5) is 0 Å². The summed E-state index contributed by atoms with van der Waals surface area (Å²) in [6.07, 6.45) is 0. The van der Waals surface area contributed by atoms with E-state index in [9.17, 15) is 4.79 Å². The standard InChI is InChI=1S/C13H13NO/c1-10-8-9-11(2)14(10)13(15)12-6-4-3-5-7-12/h3-9H,1-2H3. The first kappa shape index (κ1) is 9.71. The molecule has 2 rings (SSSR count). The number of carbonyl (C=O) groups excluding carboxylic acids is 1. The number of aromatic nitrogens is 1. The lowest BCUT2D eigenvalue weighted by atomic mass is 10.2. The van der Waals surface area contributed by atoms with Crippen LogP contribution in [0.25, 0.3) is 0 Å².